The molecule has 0 aliphatic carbocycles. The Balaban J connectivity index is 1.48. The highest BCUT2D eigenvalue weighted by Gasteiger charge is 2.40. The molecule has 6 aromatic rings. The van der Waals surface area contributed by atoms with Crippen LogP contribution < -0.4 is 9.47 Å². The van der Waals surface area contributed by atoms with Crippen LogP contribution in [0.1, 0.15) is 39.5 Å². The number of hydrogen-bond acceptors (Lipinski definition) is 7. The fourth-order valence-electron chi connectivity index (χ4n) is 6.61. The van der Waals surface area contributed by atoms with Gasteiger partial charge < -0.3 is 19.3 Å². The van der Waals surface area contributed by atoms with Crippen molar-refractivity contribution in [3.63, 3.8) is 0 Å². The standard InChI is InChI=1S/C44H42N2O6/c1-50-40-26-18-33(19-27-40)30-45(31-34-20-28-41(51-2)29-21-34)42(43(47)35-22-24-39(25-23-35)46(48)49)32-52-44(36-12-6-3-7-13-36,37-14-8-4-9-15-37)38-16-10-5-11-17-38/h3-29,42-43,47H,30-32H2,1-2H3/t42-,43-/m1/s1. The summed E-state index contributed by atoms with van der Waals surface area (Å²) >= 11 is 0. The van der Waals surface area contributed by atoms with Crippen LogP contribution in [-0.2, 0) is 23.4 Å². The second-order valence-corrected chi connectivity index (χ2v) is 12.6. The van der Waals surface area contributed by atoms with E-state index in [9.17, 15) is 15.2 Å². The summed E-state index contributed by atoms with van der Waals surface area (Å²) in [5.74, 6) is 1.49. The lowest BCUT2D eigenvalue weighted by Crippen LogP contribution is -2.45. The van der Waals surface area contributed by atoms with Crippen LogP contribution in [0.4, 0.5) is 5.69 Å². The number of aliphatic hydroxyl groups excluding tert-OH is 1. The Hall–Kier alpha value is -5.80. The van der Waals surface area contributed by atoms with Gasteiger partial charge in [0.1, 0.15) is 17.1 Å². The Morgan fingerprint density at radius 2 is 1.02 bits per heavy atom. The fourth-order valence-corrected chi connectivity index (χ4v) is 6.61. The number of hydrogen-bond donors (Lipinski definition) is 1. The lowest BCUT2D eigenvalue weighted by atomic mass is 9.80. The summed E-state index contributed by atoms with van der Waals surface area (Å²) < 4.78 is 18.2. The van der Waals surface area contributed by atoms with Crippen molar-refractivity contribution in [3.05, 3.63) is 207 Å². The number of methoxy groups -OCH3 is 2. The molecule has 0 aliphatic rings. The van der Waals surface area contributed by atoms with Crippen molar-refractivity contribution in [2.24, 2.45) is 0 Å². The highest BCUT2D eigenvalue weighted by Crippen LogP contribution is 2.41. The third-order valence-corrected chi connectivity index (χ3v) is 9.38. The highest BCUT2D eigenvalue weighted by atomic mass is 16.6. The van der Waals surface area contributed by atoms with Crippen molar-refractivity contribution in [2.75, 3.05) is 20.8 Å². The molecule has 6 rings (SSSR count). The highest BCUT2D eigenvalue weighted by molar-refractivity contribution is 5.47. The molecule has 6 aromatic carbocycles. The first kappa shape index (κ1) is 36.0. The number of nitro benzene ring substituents is 1. The van der Waals surface area contributed by atoms with Crippen molar-refractivity contribution >= 4 is 5.69 Å². The molecule has 0 unspecified atom stereocenters. The maximum Gasteiger partial charge on any atom is 0.269 e. The van der Waals surface area contributed by atoms with Crippen molar-refractivity contribution in [1.82, 2.24) is 4.90 Å². The first-order chi connectivity index (χ1) is 25.4. The second kappa shape index (κ2) is 16.9. The lowest BCUT2D eigenvalue weighted by molar-refractivity contribution is -0.384. The third-order valence-electron chi connectivity index (χ3n) is 9.38. The summed E-state index contributed by atoms with van der Waals surface area (Å²) in [4.78, 5) is 13.3. The molecule has 0 radical (unpaired) electrons. The largest absolute Gasteiger partial charge is 0.497 e. The van der Waals surface area contributed by atoms with Gasteiger partial charge in [-0.05, 0) is 69.8 Å². The second-order valence-electron chi connectivity index (χ2n) is 12.6. The van der Waals surface area contributed by atoms with Gasteiger partial charge in [0.05, 0.1) is 37.9 Å². The van der Waals surface area contributed by atoms with Gasteiger partial charge in [0, 0.05) is 25.2 Å². The summed E-state index contributed by atoms with van der Waals surface area (Å²) in [5, 5.41) is 23.9. The Bertz CT molecular complexity index is 1840. The molecular formula is C44H42N2O6. The molecule has 0 heterocycles. The van der Waals surface area contributed by atoms with E-state index in [2.05, 4.69) is 41.3 Å². The minimum absolute atomic E-state index is 0.0479. The fraction of sp³-hybridized carbons (Fsp3) is 0.182. The van der Waals surface area contributed by atoms with Gasteiger partial charge in [0.2, 0.25) is 0 Å². The van der Waals surface area contributed by atoms with Crippen LogP contribution in [-0.4, -0.2) is 41.8 Å². The molecule has 0 amide bonds. The molecule has 0 saturated carbocycles. The van der Waals surface area contributed by atoms with Crippen LogP contribution in [0.15, 0.2) is 164 Å². The first-order valence-corrected chi connectivity index (χ1v) is 17.1. The van der Waals surface area contributed by atoms with Crippen molar-refractivity contribution < 1.29 is 24.2 Å². The quantitative estimate of drug-likeness (QED) is 0.0615. The molecule has 52 heavy (non-hydrogen) atoms. The maximum absolute atomic E-state index is 12.4. The van der Waals surface area contributed by atoms with Crippen LogP contribution in [0.25, 0.3) is 0 Å². The number of aliphatic hydroxyl groups is 1. The number of ether oxygens (including phenoxy) is 3. The van der Waals surface area contributed by atoms with E-state index >= 15 is 0 Å². The molecule has 0 aromatic heterocycles. The average molecular weight is 695 g/mol. The number of nitro groups is 1. The predicted molar refractivity (Wildman–Crippen MR) is 202 cm³/mol. The minimum atomic E-state index is -1.09. The molecular weight excluding hydrogens is 652 g/mol. The molecule has 0 aliphatic heterocycles. The van der Waals surface area contributed by atoms with Crippen LogP contribution in [0.5, 0.6) is 11.5 Å². The SMILES string of the molecule is COc1ccc(CN(Cc2ccc(OC)cc2)[C@H](COC(c2ccccc2)(c2ccccc2)c2ccccc2)[C@H](O)c2ccc([N+](=O)[O-])cc2)cc1. The predicted octanol–water partition coefficient (Wildman–Crippen LogP) is 8.73. The van der Waals surface area contributed by atoms with Gasteiger partial charge in [0.25, 0.3) is 5.69 Å². The Morgan fingerprint density at radius 1 is 0.615 bits per heavy atom. The molecule has 1 N–H and O–H groups in total. The number of nitrogens with zero attached hydrogens (tertiary/aromatic N) is 2. The van der Waals surface area contributed by atoms with E-state index in [0.29, 0.717) is 18.7 Å². The monoisotopic (exact) mass is 694 g/mol. The van der Waals surface area contributed by atoms with Gasteiger partial charge in [0.15, 0.2) is 0 Å². The molecule has 2 atom stereocenters. The minimum Gasteiger partial charge on any atom is -0.497 e. The zero-order chi connectivity index (χ0) is 36.3. The molecule has 264 valence electrons. The van der Waals surface area contributed by atoms with E-state index in [1.165, 1.54) is 12.1 Å². The molecule has 0 bridgehead atoms. The Labute approximate surface area is 304 Å². The van der Waals surface area contributed by atoms with Crippen LogP contribution >= 0.6 is 0 Å². The van der Waals surface area contributed by atoms with E-state index in [-0.39, 0.29) is 12.3 Å². The number of rotatable bonds is 16. The van der Waals surface area contributed by atoms with Gasteiger partial charge in [-0.1, -0.05) is 115 Å². The summed E-state index contributed by atoms with van der Waals surface area (Å²) in [6, 6.07) is 51.5. The van der Waals surface area contributed by atoms with Gasteiger partial charge in [-0.2, -0.15) is 0 Å². The van der Waals surface area contributed by atoms with Crippen LogP contribution in [0.3, 0.4) is 0 Å². The number of non-ortho nitro benzene ring substituents is 1. The van der Waals surface area contributed by atoms with E-state index in [4.69, 9.17) is 14.2 Å². The Morgan fingerprint density at radius 3 is 1.38 bits per heavy atom. The Kier molecular flexibility index (Phi) is 11.7. The van der Waals surface area contributed by atoms with Crippen molar-refractivity contribution in [1.29, 1.82) is 0 Å². The molecule has 0 fully saturated rings. The molecule has 8 nitrogen and oxygen atoms in total. The summed E-state index contributed by atoms with van der Waals surface area (Å²) in [5.41, 5.74) is 4.29. The molecule has 0 spiro atoms. The van der Waals surface area contributed by atoms with E-state index in [1.54, 1.807) is 26.4 Å². The van der Waals surface area contributed by atoms with Gasteiger partial charge >= 0.3 is 0 Å². The smallest absolute Gasteiger partial charge is 0.269 e. The first-order valence-electron chi connectivity index (χ1n) is 17.1. The zero-order valence-corrected chi connectivity index (χ0v) is 29.2. The zero-order valence-electron chi connectivity index (χ0n) is 29.2. The van der Waals surface area contributed by atoms with E-state index in [1.807, 2.05) is 103 Å². The summed E-state index contributed by atoms with van der Waals surface area (Å²) in [6.45, 7) is 1.01. The molecule has 0 saturated heterocycles. The van der Waals surface area contributed by atoms with E-state index < -0.39 is 22.7 Å². The topological polar surface area (TPSA) is 94.3 Å². The molecule has 8 heteroatoms. The normalized spacial score (nSPS) is 12.6. The van der Waals surface area contributed by atoms with Gasteiger partial charge in [-0.3, -0.25) is 15.0 Å². The third kappa shape index (κ3) is 8.22. The van der Waals surface area contributed by atoms with Gasteiger partial charge in [-0.15, -0.1) is 0 Å². The average Bonchev–Trinajstić information content (AvgIpc) is 3.21. The van der Waals surface area contributed by atoms with Crippen LogP contribution in [0.2, 0.25) is 0 Å². The summed E-state index contributed by atoms with van der Waals surface area (Å²) in [6.07, 6.45) is -1.09. The van der Waals surface area contributed by atoms with Crippen molar-refractivity contribution in [3.8, 4) is 11.5 Å². The number of benzene rings is 6. The van der Waals surface area contributed by atoms with Crippen LogP contribution in [0, 0.1) is 10.1 Å². The van der Waals surface area contributed by atoms with Gasteiger partial charge in [-0.25, -0.2) is 0 Å². The summed E-state index contributed by atoms with van der Waals surface area (Å²) in [7, 11) is 3.27. The lowest BCUT2D eigenvalue weighted by Gasteiger charge is -2.41. The van der Waals surface area contributed by atoms with E-state index in [0.717, 1.165) is 39.3 Å². The maximum atomic E-state index is 12.4. The van der Waals surface area contributed by atoms with Crippen molar-refractivity contribution in [2.45, 2.75) is 30.8 Å².